The SMILES string of the molecule is [2H]c1c([2H])c([2H])c(-c2c([2H])c([2H])c([2H])c(-c3cc(Cl)cc4ccccc34)c2[2H])c([2H])c1[2H]. The third kappa shape index (κ3) is 2.74. The zero-order chi connectivity index (χ0) is 23.5. The highest BCUT2D eigenvalue weighted by molar-refractivity contribution is 6.32. The molecule has 0 aliphatic carbocycles. The van der Waals surface area contributed by atoms with Crippen LogP contribution < -0.4 is 0 Å². The summed E-state index contributed by atoms with van der Waals surface area (Å²) in [5, 5.41) is 1.77. The summed E-state index contributed by atoms with van der Waals surface area (Å²) in [6.07, 6.45) is 0. The van der Waals surface area contributed by atoms with E-state index in [1.165, 1.54) is 0 Å². The lowest BCUT2D eigenvalue weighted by atomic mass is 9.95. The molecule has 23 heavy (non-hydrogen) atoms. The van der Waals surface area contributed by atoms with Gasteiger partial charge in [0.05, 0.1) is 12.3 Å². The molecule has 0 saturated carbocycles. The molecule has 0 nitrogen and oxygen atoms in total. The first-order valence-corrected chi connectivity index (χ1v) is 7.30. The predicted octanol–water partition coefficient (Wildman–Crippen LogP) is 6.83. The third-order valence-electron chi connectivity index (χ3n) is 3.47. The number of benzene rings is 4. The van der Waals surface area contributed by atoms with E-state index in [2.05, 4.69) is 0 Å². The summed E-state index contributed by atoms with van der Waals surface area (Å²) in [7, 11) is 0. The average Bonchev–Trinajstić information content (AvgIpc) is 2.77. The van der Waals surface area contributed by atoms with Crippen molar-refractivity contribution in [1.82, 2.24) is 0 Å². The number of hydrogen-bond donors (Lipinski definition) is 0. The highest BCUT2D eigenvalue weighted by atomic mass is 35.5. The van der Waals surface area contributed by atoms with Gasteiger partial charge in [-0.3, -0.25) is 0 Å². The first-order chi connectivity index (χ1) is 15.1. The molecule has 0 spiro atoms. The molecule has 0 amide bonds. The summed E-state index contributed by atoms with van der Waals surface area (Å²) in [4.78, 5) is 0. The van der Waals surface area contributed by atoms with Gasteiger partial charge in [-0.15, -0.1) is 0 Å². The summed E-state index contributed by atoms with van der Waals surface area (Å²) in [5.74, 6) is 0. The Bertz CT molecular complexity index is 1400. The fraction of sp³-hybridized carbons (Fsp3) is 0. The minimum absolute atomic E-state index is 0.00603. The minimum atomic E-state index is -0.601. The van der Waals surface area contributed by atoms with Gasteiger partial charge in [0.1, 0.15) is 0 Å². The van der Waals surface area contributed by atoms with Crippen LogP contribution in [-0.2, 0) is 0 Å². The quantitative estimate of drug-likeness (QED) is 0.379. The predicted molar refractivity (Wildman–Crippen MR) is 99.8 cm³/mol. The van der Waals surface area contributed by atoms with E-state index in [0.29, 0.717) is 16.0 Å². The number of hydrogen-bond acceptors (Lipinski definition) is 0. The molecule has 0 unspecified atom stereocenters. The van der Waals surface area contributed by atoms with Crippen LogP contribution >= 0.6 is 11.6 Å². The molecule has 0 saturated heterocycles. The number of fused-ring (bicyclic) bond motifs is 1. The van der Waals surface area contributed by atoms with E-state index in [4.69, 9.17) is 23.9 Å². The maximum atomic E-state index is 8.83. The van der Waals surface area contributed by atoms with Gasteiger partial charge in [-0.1, -0.05) is 84.2 Å². The Hall–Kier alpha value is -2.57. The molecule has 0 fully saturated rings. The van der Waals surface area contributed by atoms with Gasteiger partial charge in [0.2, 0.25) is 0 Å². The van der Waals surface area contributed by atoms with Crippen molar-refractivity contribution in [1.29, 1.82) is 0 Å². The second kappa shape index (κ2) is 5.91. The summed E-state index contributed by atoms with van der Waals surface area (Å²) in [6, 6.07) is 5.73. The largest absolute Gasteiger partial charge is 0.0843 e. The molecule has 0 bridgehead atoms. The van der Waals surface area contributed by atoms with Gasteiger partial charge in [0.15, 0.2) is 0 Å². The van der Waals surface area contributed by atoms with Crippen LogP contribution in [-0.4, -0.2) is 0 Å². The van der Waals surface area contributed by atoms with Crippen LogP contribution in [0.15, 0.2) is 90.8 Å². The van der Waals surface area contributed by atoms with Crippen LogP contribution in [0.5, 0.6) is 0 Å². The van der Waals surface area contributed by atoms with Gasteiger partial charge >= 0.3 is 0 Å². The van der Waals surface area contributed by atoms with Gasteiger partial charge in [0, 0.05) is 5.02 Å². The fourth-order valence-electron chi connectivity index (χ4n) is 2.46. The Labute approximate surface area is 153 Å². The number of rotatable bonds is 2. The van der Waals surface area contributed by atoms with Crippen LogP contribution in [0.25, 0.3) is 33.0 Å². The monoisotopic (exact) mass is 323 g/mol. The van der Waals surface area contributed by atoms with Gasteiger partial charge in [-0.05, 0) is 51.2 Å². The highest BCUT2D eigenvalue weighted by Crippen LogP contribution is 2.34. The zero-order valence-electron chi connectivity index (χ0n) is 20.8. The average molecular weight is 324 g/mol. The molecule has 1 heteroatoms. The van der Waals surface area contributed by atoms with Crippen molar-refractivity contribution in [3.8, 4) is 22.3 Å². The molecule has 0 aliphatic rings. The van der Waals surface area contributed by atoms with Crippen molar-refractivity contribution >= 4 is 22.4 Å². The van der Waals surface area contributed by atoms with Crippen LogP contribution in [0.3, 0.4) is 0 Å². The van der Waals surface area contributed by atoms with E-state index >= 15 is 0 Å². The third-order valence-corrected chi connectivity index (χ3v) is 3.69. The van der Waals surface area contributed by atoms with Crippen molar-refractivity contribution in [2.45, 2.75) is 0 Å². The standard InChI is InChI=1S/C22H15Cl/c23-20-14-19-9-4-5-12-21(19)22(15-20)18-11-6-10-17(13-18)16-7-2-1-3-8-16/h1-15H/i1D,2D,3D,6D,7D,8D,10D,11D,13D. The van der Waals surface area contributed by atoms with Crippen molar-refractivity contribution in [2.75, 3.05) is 0 Å². The lowest BCUT2D eigenvalue weighted by Crippen LogP contribution is -1.84. The highest BCUT2D eigenvalue weighted by Gasteiger charge is 2.07. The summed E-state index contributed by atoms with van der Waals surface area (Å²) < 4.78 is 74.2. The fourth-order valence-corrected chi connectivity index (χ4v) is 2.69. The maximum absolute atomic E-state index is 8.83. The Balaban J connectivity index is 2.19. The van der Waals surface area contributed by atoms with E-state index in [0.717, 1.165) is 5.39 Å². The zero-order valence-corrected chi connectivity index (χ0v) is 12.6. The first-order valence-electron chi connectivity index (χ1n) is 11.4. The molecular formula is C22H15Cl. The van der Waals surface area contributed by atoms with Crippen molar-refractivity contribution in [3.63, 3.8) is 0 Å². The Morgan fingerprint density at radius 3 is 2.35 bits per heavy atom. The lowest BCUT2D eigenvalue weighted by molar-refractivity contribution is 1.60. The smallest absolute Gasteiger partial charge is 0.0636 e. The molecule has 110 valence electrons. The van der Waals surface area contributed by atoms with E-state index in [9.17, 15) is 0 Å². The molecular weight excluding hydrogens is 300 g/mol. The first kappa shape index (κ1) is 7.33. The molecule has 0 aliphatic heterocycles. The Morgan fingerprint density at radius 2 is 1.48 bits per heavy atom. The van der Waals surface area contributed by atoms with Crippen molar-refractivity contribution < 1.29 is 12.3 Å². The second-order valence-corrected chi connectivity index (χ2v) is 5.36. The van der Waals surface area contributed by atoms with Crippen LogP contribution in [0.1, 0.15) is 12.3 Å². The topological polar surface area (TPSA) is 0 Å². The minimum Gasteiger partial charge on any atom is -0.0843 e. The van der Waals surface area contributed by atoms with Gasteiger partial charge in [0.25, 0.3) is 0 Å². The van der Waals surface area contributed by atoms with Crippen LogP contribution in [0.2, 0.25) is 5.02 Å². The number of halogens is 1. The molecule has 0 radical (unpaired) electrons. The van der Waals surface area contributed by atoms with E-state index in [-0.39, 0.29) is 28.8 Å². The molecule has 4 aromatic carbocycles. The summed E-state index contributed by atoms with van der Waals surface area (Å²) >= 11 is 6.28. The summed E-state index contributed by atoms with van der Waals surface area (Å²) in [5.41, 5.74) is -0.231. The van der Waals surface area contributed by atoms with Crippen LogP contribution in [0, 0.1) is 0 Å². The Kier molecular flexibility index (Phi) is 1.88. The molecule has 4 aromatic rings. The second-order valence-electron chi connectivity index (χ2n) is 4.92. The normalized spacial score (nSPS) is 16.3. The van der Waals surface area contributed by atoms with Gasteiger partial charge in [-0.2, -0.15) is 0 Å². The maximum Gasteiger partial charge on any atom is 0.0636 e. The van der Waals surface area contributed by atoms with E-state index in [1.807, 2.05) is 12.1 Å². The van der Waals surface area contributed by atoms with E-state index < -0.39 is 42.3 Å². The summed E-state index contributed by atoms with van der Waals surface area (Å²) in [6.45, 7) is 0. The van der Waals surface area contributed by atoms with E-state index in [1.54, 1.807) is 24.3 Å². The molecule has 0 atom stereocenters. The van der Waals surface area contributed by atoms with Gasteiger partial charge < -0.3 is 0 Å². The van der Waals surface area contributed by atoms with Crippen molar-refractivity contribution in [2.24, 2.45) is 0 Å². The van der Waals surface area contributed by atoms with Crippen molar-refractivity contribution in [3.05, 3.63) is 95.8 Å². The molecule has 4 rings (SSSR count). The lowest BCUT2D eigenvalue weighted by Gasteiger charge is -2.10. The Morgan fingerprint density at radius 1 is 0.739 bits per heavy atom. The van der Waals surface area contributed by atoms with Crippen LogP contribution in [0.4, 0.5) is 0 Å². The van der Waals surface area contributed by atoms with Gasteiger partial charge in [-0.25, -0.2) is 0 Å². The molecule has 0 heterocycles. The molecule has 0 N–H and O–H groups in total. The molecule has 0 aromatic heterocycles.